The standard InChI is InChI=1S/C25H30N4O5/c1-15-18(14-34-29-15)22(30)28-21(16-5-3-2-4-6-16)23(31)26-17-7-8-19-20(13-17)27-24(32)25(19)9-11-33-12-10-25/h7-8,13-14,16,21H,2-6,9-12H2,1H3,(H,26,31)(H,27,32)(H,28,30)/t21-/m0/s1. The van der Waals surface area contributed by atoms with Crippen LogP contribution < -0.4 is 16.0 Å². The molecule has 1 spiro atoms. The average Bonchev–Trinajstić information content (AvgIpc) is 3.39. The number of hydrogen-bond donors (Lipinski definition) is 3. The summed E-state index contributed by atoms with van der Waals surface area (Å²) in [5.74, 6) is -0.588. The summed E-state index contributed by atoms with van der Waals surface area (Å²) in [6, 6.07) is 4.88. The number of rotatable bonds is 5. The third kappa shape index (κ3) is 4.09. The Morgan fingerprint density at radius 1 is 1.18 bits per heavy atom. The molecule has 1 aromatic carbocycles. The van der Waals surface area contributed by atoms with Crippen LogP contribution in [-0.4, -0.2) is 42.1 Å². The lowest BCUT2D eigenvalue weighted by Gasteiger charge is -2.31. The van der Waals surface area contributed by atoms with Gasteiger partial charge in [-0.25, -0.2) is 0 Å². The summed E-state index contributed by atoms with van der Waals surface area (Å²) in [6.45, 7) is 2.80. The Morgan fingerprint density at radius 2 is 1.94 bits per heavy atom. The Balaban J connectivity index is 1.35. The second-order valence-corrected chi connectivity index (χ2v) is 9.56. The van der Waals surface area contributed by atoms with Crippen molar-refractivity contribution in [2.75, 3.05) is 23.8 Å². The van der Waals surface area contributed by atoms with Gasteiger partial charge in [0.2, 0.25) is 11.8 Å². The minimum Gasteiger partial charge on any atom is -0.381 e. The Hall–Kier alpha value is -3.20. The molecule has 1 aliphatic carbocycles. The lowest BCUT2D eigenvalue weighted by atomic mass is 9.75. The van der Waals surface area contributed by atoms with E-state index in [0.29, 0.717) is 43.0 Å². The van der Waals surface area contributed by atoms with Crippen molar-refractivity contribution in [2.45, 2.75) is 63.3 Å². The van der Waals surface area contributed by atoms with Crippen molar-refractivity contribution in [2.24, 2.45) is 5.92 Å². The summed E-state index contributed by atoms with van der Waals surface area (Å²) >= 11 is 0. The highest BCUT2D eigenvalue weighted by atomic mass is 16.5. The first-order valence-electron chi connectivity index (χ1n) is 12.0. The summed E-state index contributed by atoms with van der Waals surface area (Å²) in [5.41, 5.74) is 2.53. The van der Waals surface area contributed by atoms with E-state index in [2.05, 4.69) is 21.1 Å². The summed E-state index contributed by atoms with van der Waals surface area (Å²) < 4.78 is 10.4. The number of hydrogen-bond acceptors (Lipinski definition) is 6. The van der Waals surface area contributed by atoms with Gasteiger partial charge in [0, 0.05) is 24.6 Å². The lowest BCUT2D eigenvalue weighted by molar-refractivity contribution is -0.124. The third-order valence-electron chi connectivity index (χ3n) is 7.52. The maximum absolute atomic E-state index is 13.4. The Morgan fingerprint density at radius 3 is 2.65 bits per heavy atom. The predicted molar refractivity (Wildman–Crippen MR) is 125 cm³/mol. The molecule has 34 heavy (non-hydrogen) atoms. The number of nitrogens with zero attached hydrogens (tertiary/aromatic N) is 1. The van der Waals surface area contributed by atoms with E-state index >= 15 is 0 Å². The van der Waals surface area contributed by atoms with Crippen LogP contribution in [0.4, 0.5) is 11.4 Å². The quantitative estimate of drug-likeness (QED) is 0.621. The van der Waals surface area contributed by atoms with Crippen molar-refractivity contribution in [3.05, 3.63) is 41.3 Å². The van der Waals surface area contributed by atoms with E-state index in [9.17, 15) is 14.4 Å². The van der Waals surface area contributed by atoms with E-state index < -0.39 is 11.5 Å². The van der Waals surface area contributed by atoms with Crippen LogP contribution in [0.1, 0.15) is 66.6 Å². The van der Waals surface area contributed by atoms with Gasteiger partial charge in [0.1, 0.15) is 17.9 Å². The van der Waals surface area contributed by atoms with Gasteiger partial charge >= 0.3 is 0 Å². The molecule has 0 radical (unpaired) electrons. The highest BCUT2D eigenvalue weighted by molar-refractivity contribution is 6.07. The summed E-state index contributed by atoms with van der Waals surface area (Å²) in [4.78, 5) is 39.0. The number of carbonyl (C=O) groups is 3. The van der Waals surface area contributed by atoms with Crippen molar-refractivity contribution in [1.82, 2.24) is 10.5 Å². The van der Waals surface area contributed by atoms with Gasteiger partial charge in [0.25, 0.3) is 5.91 Å². The van der Waals surface area contributed by atoms with Gasteiger partial charge in [-0.1, -0.05) is 30.5 Å². The van der Waals surface area contributed by atoms with Gasteiger partial charge in [0.05, 0.1) is 11.1 Å². The van der Waals surface area contributed by atoms with Crippen molar-refractivity contribution < 1.29 is 23.6 Å². The molecule has 3 aliphatic rings. The molecule has 9 nitrogen and oxygen atoms in total. The summed E-state index contributed by atoms with van der Waals surface area (Å²) in [7, 11) is 0. The number of amides is 3. The number of ether oxygens (including phenoxy) is 1. The molecule has 0 bridgehead atoms. The maximum Gasteiger partial charge on any atom is 0.257 e. The van der Waals surface area contributed by atoms with Crippen LogP contribution in [0.15, 0.2) is 29.0 Å². The minimum atomic E-state index is -0.674. The molecule has 3 heterocycles. The van der Waals surface area contributed by atoms with Crippen LogP contribution in [0.2, 0.25) is 0 Å². The SMILES string of the molecule is Cc1nocc1C(=O)N[C@H](C(=O)Nc1ccc2c(c1)NC(=O)C21CCOCC1)C1CCCCC1. The van der Waals surface area contributed by atoms with Crippen LogP contribution >= 0.6 is 0 Å². The largest absolute Gasteiger partial charge is 0.381 e. The average molecular weight is 467 g/mol. The number of aromatic nitrogens is 1. The number of fused-ring (bicyclic) bond motifs is 2. The smallest absolute Gasteiger partial charge is 0.257 e. The fourth-order valence-electron chi connectivity index (χ4n) is 5.54. The van der Waals surface area contributed by atoms with Crippen LogP contribution in [-0.2, 0) is 19.7 Å². The first-order valence-corrected chi connectivity index (χ1v) is 12.0. The Kier molecular flexibility index (Phi) is 6.12. The molecular formula is C25H30N4O5. The first kappa shape index (κ1) is 22.6. The van der Waals surface area contributed by atoms with Gasteiger partial charge in [-0.2, -0.15) is 0 Å². The molecule has 3 N–H and O–H groups in total. The van der Waals surface area contributed by atoms with Gasteiger partial charge in [-0.05, 0) is 56.2 Å². The summed E-state index contributed by atoms with van der Waals surface area (Å²) in [6.07, 6.45) is 7.57. The van der Waals surface area contributed by atoms with Gasteiger partial charge in [-0.3, -0.25) is 14.4 Å². The number of nitrogens with one attached hydrogen (secondary N) is 3. The molecule has 180 valence electrons. The molecule has 9 heteroatoms. The molecule has 0 unspecified atom stereocenters. The van der Waals surface area contributed by atoms with E-state index in [1.165, 1.54) is 6.26 Å². The molecule has 1 aromatic heterocycles. The lowest BCUT2D eigenvalue weighted by Crippen LogP contribution is -2.49. The monoisotopic (exact) mass is 466 g/mol. The highest BCUT2D eigenvalue weighted by Gasteiger charge is 2.47. The second-order valence-electron chi connectivity index (χ2n) is 9.56. The molecule has 2 aromatic rings. The molecule has 2 fully saturated rings. The van der Waals surface area contributed by atoms with E-state index in [1.54, 1.807) is 13.0 Å². The summed E-state index contributed by atoms with van der Waals surface area (Å²) in [5, 5.41) is 12.6. The van der Waals surface area contributed by atoms with Crippen LogP contribution in [0.3, 0.4) is 0 Å². The van der Waals surface area contributed by atoms with Crippen LogP contribution in [0.25, 0.3) is 0 Å². The van der Waals surface area contributed by atoms with Crippen molar-refractivity contribution in [3.63, 3.8) is 0 Å². The van der Waals surface area contributed by atoms with E-state index in [1.807, 2.05) is 12.1 Å². The highest BCUT2D eigenvalue weighted by Crippen LogP contribution is 2.45. The molecule has 1 saturated heterocycles. The zero-order chi connectivity index (χ0) is 23.7. The van der Waals surface area contributed by atoms with Crippen molar-refractivity contribution in [1.29, 1.82) is 0 Å². The Labute approximate surface area is 198 Å². The topological polar surface area (TPSA) is 123 Å². The zero-order valence-corrected chi connectivity index (χ0v) is 19.3. The zero-order valence-electron chi connectivity index (χ0n) is 19.3. The maximum atomic E-state index is 13.4. The van der Waals surface area contributed by atoms with Crippen molar-refractivity contribution in [3.8, 4) is 0 Å². The van der Waals surface area contributed by atoms with Gasteiger partial charge in [0.15, 0.2) is 0 Å². The third-order valence-corrected chi connectivity index (χ3v) is 7.52. The van der Waals surface area contributed by atoms with E-state index in [4.69, 9.17) is 9.26 Å². The van der Waals surface area contributed by atoms with Gasteiger partial charge < -0.3 is 25.2 Å². The number of carbonyl (C=O) groups excluding carboxylic acids is 3. The van der Waals surface area contributed by atoms with Crippen LogP contribution in [0, 0.1) is 12.8 Å². The molecule has 3 amide bonds. The second kappa shape index (κ2) is 9.21. The molecule has 1 saturated carbocycles. The molecular weight excluding hydrogens is 436 g/mol. The normalized spacial score (nSPS) is 20.4. The number of aryl methyl sites for hydroxylation is 1. The molecule has 5 rings (SSSR count). The van der Waals surface area contributed by atoms with E-state index in [0.717, 1.165) is 43.4 Å². The first-order chi connectivity index (χ1) is 16.5. The minimum absolute atomic E-state index is 0.00860. The van der Waals surface area contributed by atoms with Crippen LogP contribution in [0.5, 0.6) is 0 Å². The predicted octanol–water partition coefficient (Wildman–Crippen LogP) is 3.30. The fourth-order valence-corrected chi connectivity index (χ4v) is 5.54. The fraction of sp³-hybridized carbons (Fsp3) is 0.520. The number of anilines is 2. The number of benzene rings is 1. The molecule has 1 atom stereocenters. The Bertz CT molecular complexity index is 1100. The molecule has 2 aliphatic heterocycles. The van der Waals surface area contributed by atoms with E-state index in [-0.39, 0.29) is 23.6 Å². The van der Waals surface area contributed by atoms with Crippen molar-refractivity contribution >= 4 is 29.1 Å². The van der Waals surface area contributed by atoms with Gasteiger partial charge in [-0.15, -0.1) is 0 Å².